The quantitative estimate of drug-likeness (QED) is 0.673. The molecule has 1 heterocycles. The predicted octanol–water partition coefficient (Wildman–Crippen LogP) is 0.684. The Hall–Kier alpha value is -0.460. The minimum absolute atomic E-state index is 0.462. The normalized spacial score (nSPS) is 17.1. The number of aliphatic hydroxyl groups is 2. The lowest BCUT2D eigenvalue weighted by atomic mass is 10.1. The van der Waals surface area contributed by atoms with Crippen LogP contribution in [0, 0.1) is 0 Å². The standard InChI is InChI=1S/C12H22N2O2S/c1-12(16,9-14(2)3)8-13-7-10(15)11-5-4-6-17-11/h4-6,10,13,15-16H,7-9H2,1-3H3. The van der Waals surface area contributed by atoms with Gasteiger partial charge in [0.1, 0.15) is 6.10 Å². The van der Waals surface area contributed by atoms with Crippen molar-refractivity contribution in [1.82, 2.24) is 10.2 Å². The molecule has 5 heteroatoms. The van der Waals surface area contributed by atoms with Crippen LogP contribution < -0.4 is 5.32 Å². The maximum absolute atomic E-state index is 10.0. The summed E-state index contributed by atoms with van der Waals surface area (Å²) in [6.45, 7) is 3.31. The number of hydrogen-bond donors (Lipinski definition) is 3. The van der Waals surface area contributed by atoms with Crippen LogP contribution in [0.1, 0.15) is 17.9 Å². The summed E-state index contributed by atoms with van der Waals surface area (Å²) in [4.78, 5) is 2.89. The molecule has 0 aromatic carbocycles. The zero-order valence-corrected chi connectivity index (χ0v) is 11.5. The number of aliphatic hydroxyl groups excluding tert-OH is 1. The van der Waals surface area contributed by atoms with Crippen LogP contribution in [0.4, 0.5) is 0 Å². The highest BCUT2D eigenvalue weighted by molar-refractivity contribution is 7.10. The third-order valence-electron chi connectivity index (χ3n) is 2.37. The number of likely N-dealkylation sites (N-methyl/N-ethyl adjacent to an activating group) is 1. The Labute approximate surface area is 107 Å². The zero-order chi connectivity index (χ0) is 12.9. The average Bonchev–Trinajstić information content (AvgIpc) is 2.67. The van der Waals surface area contributed by atoms with E-state index in [0.29, 0.717) is 19.6 Å². The fraction of sp³-hybridized carbons (Fsp3) is 0.667. The summed E-state index contributed by atoms with van der Waals surface area (Å²) in [6.07, 6.45) is -0.495. The van der Waals surface area contributed by atoms with Crippen molar-refractivity contribution in [1.29, 1.82) is 0 Å². The molecule has 0 aliphatic carbocycles. The Bertz CT molecular complexity index is 312. The number of rotatable bonds is 7. The topological polar surface area (TPSA) is 55.7 Å². The molecule has 17 heavy (non-hydrogen) atoms. The lowest BCUT2D eigenvalue weighted by Gasteiger charge is -2.27. The van der Waals surface area contributed by atoms with Crippen LogP contribution in [0.2, 0.25) is 0 Å². The van der Waals surface area contributed by atoms with E-state index >= 15 is 0 Å². The molecule has 0 radical (unpaired) electrons. The fourth-order valence-corrected chi connectivity index (χ4v) is 2.51. The van der Waals surface area contributed by atoms with Gasteiger partial charge in [-0.3, -0.25) is 0 Å². The third-order valence-corrected chi connectivity index (χ3v) is 3.35. The van der Waals surface area contributed by atoms with E-state index in [1.807, 2.05) is 36.5 Å². The van der Waals surface area contributed by atoms with Gasteiger partial charge < -0.3 is 20.4 Å². The van der Waals surface area contributed by atoms with Crippen LogP contribution in [0.25, 0.3) is 0 Å². The molecular formula is C12H22N2O2S. The summed E-state index contributed by atoms with van der Waals surface area (Å²) >= 11 is 1.54. The maximum atomic E-state index is 10.0. The molecule has 0 amide bonds. The Morgan fingerprint density at radius 1 is 1.53 bits per heavy atom. The van der Waals surface area contributed by atoms with Crippen molar-refractivity contribution in [2.45, 2.75) is 18.6 Å². The first-order valence-corrected chi connectivity index (χ1v) is 6.58. The molecule has 0 spiro atoms. The van der Waals surface area contributed by atoms with Gasteiger partial charge in [0.2, 0.25) is 0 Å². The van der Waals surface area contributed by atoms with Gasteiger partial charge in [0.15, 0.2) is 0 Å². The minimum atomic E-state index is -0.779. The number of nitrogens with one attached hydrogen (secondary N) is 1. The average molecular weight is 258 g/mol. The fourth-order valence-electron chi connectivity index (χ4n) is 1.80. The molecular weight excluding hydrogens is 236 g/mol. The second-order valence-corrected chi connectivity index (χ2v) is 5.88. The van der Waals surface area contributed by atoms with Crippen molar-refractivity contribution in [2.24, 2.45) is 0 Å². The van der Waals surface area contributed by atoms with Crippen LogP contribution in [-0.4, -0.2) is 54.4 Å². The minimum Gasteiger partial charge on any atom is -0.388 e. The van der Waals surface area contributed by atoms with E-state index in [2.05, 4.69) is 5.32 Å². The Morgan fingerprint density at radius 2 is 2.24 bits per heavy atom. The molecule has 0 bridgehead atoms. The van der Waals surface area contributed by atoms with E-state index in [1.165, 1.54) is 11.3 Å². The van der Waals surface area contributed by atoms with Gasteiger partial charge in [-0.2, -0.15) is 0 Å². The zero-order valence-electron chi connectivity index (χ0n) is 10.7. The summed E-state index contributed by atoms with van der Waals surface area (Å²) < 4.78 is 0. The Kier molecular flexibility index (Phi) is 5.55. The van der Waals surface area contributed by atoms with Crippen molar-refractivity contribution in [3.8, 4) is 0 Å². The Balaban J connectivity index is 2.27. The van der Waals surface area contributed by atoms with Crippen molar-refractivity contribution in [3.63, 3.8) is 0 Å². The van der Waals surface area contributed by atoms with Crippen LogP contribution in [0.5, 0.6) is 0 Å². The molecule has 0 fully saturated rings. The van der Waals surface area contributed by atoms with Gasteiger partial charge >= 0.3 is 0 Å². The molecule has 0 aliphatic rings. The molecule has 2 atom stereocenters. The molecule has 0 aliphatic heterocycles. The molecule has 1 aromatic rings. The first-order chi connectivity index (χ1) is 7.91. The highest BCUT2D eigenvalue weighted by atomic mass is 32.1. The molecule has 4 nitrogen and oxygen atoms in total. The van der Waals surface area contributed by atoms with E-state index < -0.39 is 11.7 Å². The second kappa shape index (κ2) is 6.47. The van der Waals surface area contributed by atoms with Gasteiger partial charge in [-0.1, -0.05) is 6.07 Å². The Morgan fingerprint density at radius 3 is 2.76 bits per heavy atom. The maximum Gasteiger partial charge on any atom is 0.101 e. The van der Waals surface area contributed by atoms with E-state index in [9.17, 15) is 10.2 Å². The van der Waals surface area contributed by atoms with Gasteiger partial charge in [0.05, 0.1) is 5.60 Å². The van der Waals surface area contributed by atoms with Crippen molar-refractivity contribution in [2.75, 3.05) is 33.7 Å². The van der Waals surface area contributed by atoms with E-state index in [4.69, 9.17) is 0 Å². The largest absolute Gasteiger partial charge is 0.388 e. The first-order valence-electron chi connectivity index (χ1n) is 5.70. The monoisotopic (exact) mass is 258 g/mol. The highest BCUT2D eigenvalue weighted by Gasteiger charge is 2.21. The molecule has 1 rings (SSSR count). The van der Waals surface area contributed by atoms with Crippen molar-refractivity contribution in [3.05, 3.63) is 22.4 Å². The van der Waals surface area contributed by atoms with Crippen molar-refractivity contribution >= 4 is 11.3 Å². The number of thiophene rings is 1. The predicted molar refractivity (Wildman–Crippen MR) is 71.3 cm³/mol. The SMILES string of the molecule is CN(C)CC(C)(O)CNCC(O)c1cccs1. The smallest absolute Gasteiger partial charge is 0.101 e. The van der Waals surface area contributed by atoms with Crippen LogP contribution in [0.3, 0.4) is 0 Å². The molecule has 2 unspecified atom stereocenters. The van der Waals surface area contributed by atoms with Crippen molar-refractivity contribution < 1.29 is 10.2 Å². The molecule has 1 aromatic heterocycles. The summed E-state index contributed by atoms with van der Waals surface area (Å²) in [6, 6.07) is 3.83. The van der Waals surface area contributed by atoms with Gasteiger partial charge in [-0.25, -0.2) is 0 Å². The summed E-state index contributed by atoms with van der Waals surface area (Å²) in [5.41, 5.74) is -0.779. The molecule has 0 saturated heterocycles. The van der Waals surface area contributed by atoms with Gasteiger partial charge in [0, 0.05) is 24.5 Å². The van der Waals surface area contributed by atoms with Crippen LogP contribution in [-0.2, 0) is 0 Å². The lowest BCUT2D eigenvalue weighted by molar-refractivity contribution is 0.0309. The van der Waals surface area contributed by atoms with E-state index in [-0.39, 0.29) is 0 Å². The molecule has 0 saturated carbocycles. The lowest BCUT2D eigenvalue weighted by Crippen LogP contribution is -2.46. The van der Waals surface area contributed by atoms with Crippen LogP contribution >= 0.6 is 11.3 Å². The van der Waals surface area contributed by atoms with Gasteiger partial charge in [0.25, 0.3) is 0 Å². The third kappa shape index (κ3) is 5.61. The van der Waals surface area contributed by atoms with Gasteiger partial charge in [-0.15, -0.1) is 11.3 Å². The molecule has 98 valence electrons. The molecule has 3 N–H and O–H groups in total. The van der Waals surface area contributed by atoms with Crippen LogP contribution in [0.15, 0.2) is 17.5 Å². The van der Waals surface area contributed by atoms with E-state index in [0.717, 1.165) is 4.88 Å². The van der Waals surface area contributed by atoms with E-state index in [1.54, 1.807) is 6.92 Å². The highest BCUT2D eigenvalue weighted by Crippen LogP contribution is 2.17. The number of hydrogen-bond acceptors (Lipinski definition) is 5. The summed E-state index contributed by atoms with van der Waals surface area (Å²) in [5.74, 6) is 0. The first kappa shape index (κ1) is 14.6. The summed E-state index contributed by atoms with van der Waals surface area (Å²) in [5, 5.41) is 24.9. The second-order valence-electron chi connectivity index (χ2n) is 4.90. The number of nitrogens with zero attached hydrogens (tertiary/aromatic N) is 1. The van der Waals surface area contributed by atoms with Gasteiger partial charge in [-0.05, 0) is 32.5 Å². The summed E-state index contributed by atoms with van der Waals surface area (Å²) in [7, 11) is 3.85.